The first-order chi connectivity index (χ1) is 4.25. The van der Waals surface area contributed by atoms with Crippen LogP contribution in [-0.4, -0.2) is 23.5 Å². The molecule has 0 aliphatic carbocycles. The highest BCUT2D eigenvalue weighted by Crippen LogP contribution is 2.16. The number of hydrogen-bond acceptors (Lipinski definition) is 3. The van der Waals surface area contributed by atoms with Crippen molar-refractivity contribution in [3.63, 3.8) is 0 Å². The van der Waals surface area contributed by atoms with E-state index in [4.69, 9.17) is 9.94 Å². The molecule has 0 aromatic rings. The second-order valence-electron chi connectivity index (χ2n) is 2.35. The number of rotatable bonds is 1. The summed E-state index contributed by atoms with van der Waals surface area (Å²) in [6.07, 6.45) is -0.106. The average molecular weight is 129 g/mol. The van der Waals surface area contributed by atoms with Gasteiger partial charge in [-0.1, -0.05) is 12.1 Å². The molecule has 9 heavy (non-hydrogen) atoms. The van der Waals surface area contributed by atoms with Gasteiger partial charge in [-0.2, -0.15) is 0 Å². The Labute approximate surface area is 54.3 Å². The van der Waals surface area contributed by atoms with E-state index < -0.39 is 0 Å². The Bertz CT molecular complexity index is 133. The fourth-order valence-electron chi connectivity index (χ4n) is 0.786. The Morgan fingerprint density at radius 2 is 2.44 bits per heavy atom. The Morgan fingerprint density at radius 3 is 2.67 bits per heavy atom. The molecule has 1 aliphatic rings. The lowest BCUT2D eigenvalue weighted by Crippen LogP contribution is -2.22. The van der Waals surface area contributed by atoms with E-state index in [9.17, 15) is 0 Å². The third-order valence-electron chi connectivity index (χ3n) is 1.73. The fourth-order valence-corrected chi connectivity index (χ4v) is 0.786. The summed E-state index contributed by atoms with van der Waals surface area (Å²) in [7, 11) is 0. The van der Waals surface area contributed by atoms with E-state index in [1.54, 1.807) is 0 Å². The Hall–Kier alpha value is -0.570. The first-order valence-electron chi connectivity index (χ1n) is 3.07. The van der Waals surface area contributed by atoms with E-state index in [1.165, 1.54) is 0 Å². The summed E-state index contributed by atoms with van der Waals surface area (Å²) < 4.78 is 0. The molecule has 3 heteroatoms. The van der Waals surface area contributed by atoms with Crippen LogP contribution >= 0.6 is 0 Å². The van der Waals surface area contributed by atoms with Crippen LogP contribution in [0.4, 0.5) is 0 Å². The Morgan fingerprint density at radius 1 is 1.78 bits per heavy atom. The molecule has 0 saturated carbocycles. The van der Waals surface area contributed by atoms with Gasteiger partial charge in [-0.3, -0.25) is 0 Å². The second kappa shape index (κ2) is 2.35. The zero-order chi connectivity index (χ0) is 6.85. The van der Waals surface area contributed by atoms with Crippen molar-refractivity contribution in [3.8, 4) is 0 Å². The summed E-state index contributed by atoms with van der Waals surface area (Å²) in [4.78, 5) is 4.86. The smallest absolute Gasteiger partial charge is 0.158 e. The number of oxime groups is 1. The lowest BCUT2D eigenvalue weighted by Gasteiger charge is -2.08. The van der Waals surface area contributed by atoms with Gasteiger partial charge in [0.15, 0.2) is 6.10 Å². The van der Waals surface area contributed by atoms with Gasteiger partial charge in [0.2, 0.25) is 0 Å². The molecule has 0 spiro atoms. The maximum Gasteiger partial charge on any atom is 0.158 e. The minimum Gasteiger partial charge on any atom is -0.392 e. The highest BCUT2D eigenvalue weighted by molar-refractivity contribution is 5.85. The predicted molar refractivity (Wildman–Crippen MR) is 34.2 cm³/mol. The van der Waals surface area contributed by atoms with Gasteiger partial charge in [0, 0.05) is 5.92 Å². The van der Waals surface area contributed by atoms with Gasteiger partial charge in [-0.25, -0.2) is 0 Å². The van der Waals surface area contributed by atoms with Gasteiger partial charge in [0.25, 0.3) is 0 Å². The highest BCUT2D eigenvalue weighted by atomic mass is 16.6. The van der Waals surface area contributed by atoms with Gasteiger partial charge < -0.3 is 9.94 Å². The van der Waals surface area contributed by atoms with Crippen molar-refractivity contribution in [2.45, 2.75) is 20.0 Å². The molecule has 0 aromatic heterocycles. The molecular formula is C6H11NO2. The van der Waals surface area contributed by atoms with E-state index in [1.807, 2.05) is 13.8 Å². The maximum atomic E-state index is 8.66. The Kier molecular flexibility index (Phi) is 1.71. The average Bonchev–Trinajstić information content (AvgIpc) is 2.15. The van der Waals surface area contributed by atoms with Crippen LogP contribution in [0, 0.1) is 5.92 Å². The first kappa shape index (κ1) is 6.55. The molecule has 0 bridgehead atoms. The van der Waals surface area contributed by atoms with E-state index in [0.717, 1.165) is 5.71 Å². The van der Waals surface area contributed by atoms with Crippen molar-refractivity contribution in [1.82, 2.24) is 0 Å². The van der Waals surface area contributed by atoms with Crippen LogP contribution in [-0.2, 0) is 4.84 Å². The van der Waals surface area contributed by atoms with Crippen LogP contribution < -0.4 is 0 Å². The second-order valence-corrected chi connectivity index (χ2v) is 2.35. The van der Waals surface area contributed by atoms with Crippen LogP contribution in [0.25, 0.3) is 0 Å². The molecular weight excluding hydrogens is 118 g/mol. The van der Waals surface area contributed by atoms with Crippen LogP contribution in [0.15, 0.2) is 5.16 Å². The van der Waals surface area contributed by atoms with E-state index >= 15 is 0 Å². The van der Waals surface area contributed by atoms with Crippen LogP contribution in [0.5, 0.6) is 0 Å². The monoisotopic (exact) mass is 129 g/mol. The predicted octanol–water partition coefficient (Wildman–Crippen LogP) is 0.390. The molecule has 52 valence electrons. The third kappa shape index (κ3) is 1.05. The number of nitrogens with zero attached hydrogens (tertiary/aromatic N) is 1. The number of aliphatic hydroxyl groups is 1. The van der Waals surface area contributed by atoms with Crippen LogP contribution in [0.3, 0.4) is 0 Å². The van der Waals surface area contributed by atoms with Crippen LogP contribution in [0.1, 0.15) is 13.8 Å². The van der Waals surface area contributed by atoms with Gasteiger partial charge in [0.05, 0.1) is 12.3 Å². The topological polar surface area (TPSA) is 41.8 Å². The minimum atomic E-state index is -0.106. The Balaban J connectivity index is 2.51. The standard InChI is InChI=1S/C6H11NO2/c1-4-5(2)7-9-6(4)3-8/h4,6,8H,3H2,1-2H3. The molecule has 1 N–H and O–H groups in total. The molecule has 0 saturated heterocycles. The first-order valence-corrected chi connectivity index (χ1v) is 3.07. The van der Waals surface area contributed by atoms with Gasteiger partial charge >= 0.3 is 0 Å². The minimum absolute atomic E-state index is 0.0575. The molecule has 2 unspecified atom stereocenters. The summed E-state index contributed by atoms with van der Waals surface area (Å²) in [6.45, 7) is 3.95. The summed E-state index contributed by atoms with van der Waals surface area (Å²) >= 11 is 0. The van der Waals surface area contributed by atoms with Crippen molar-refractivity contribution < 1.29 is 9.94 Å². The van der Waals surface area contributed by atoms with Crippen molar-refractivity contribution in [1.29, 1.82) is 0 Å². The SMILES string of the molecule is CC1=NOC(CO)C1C. The lowest BCUT2D eigenvalue weighted by atomic mass is 10.0. The van der Waals surface area contributed by atoms with Crippen molar-refractivity contribution in [2.24, 2.45) is 11.1 Å². The van der Waals surface area contributed by atoms with Gasteiger partial charge in [0.1, 0.15) is 0 Å². The largest absolute Gasteiger partial charge is 0.392 e. The fraction of sp³-hybridized carbons (Fsp3) is 0.833. The molecule has 3 nitrogen and oxygen atoms in total. The molecule has 1 rings (SSSR count). The third-order valence-corrected chi connectivity index (χ3v) is 1.73. The highest BCUT2D eigenvalue weighted by Gasteiger charge is 2.26. The summed E-state index contributed by atoms with van der Waals surface area (Å²) in [5, 5.41) is 12.4. The molecule has 2 atom stereocenters. The normalized spacial score (nSPS) is 33.9. The zero-order valence-corrected chi connectivity index (χ0v) is 5.66. The zero-order valence-electron chi connectivity index (χ0n) is 5.66. The maximum absolute atomic E-state index is 8.66. The van der Waals surface area contributed by atoms with Crippen molar-refractivity contribution in [2.75, 3.05) is 6.61 Å². The quantitative estimate of drug-likeness (QED) is 0.556. The molecule has 1 aliphatic heterocycles. The molecule has 0 fully saturated rings. The molecule has 0 radical (unpaired) electrons. The summed E-state index contributed by atoms with van der Waals surface area (Å²) in [6, 6.07) is 0. The lowest BCUT2D eigenvalue weighted by molar-refractivity contribution is 0.0211. The number of aliphatic hydroxyl groups excluding tert-OH is 1. The van der Waals surface area contributed by atoms with E-state index in [-0.39, 0.29) is 18.6 Å². The van der Waals surface area contributed by atoms with Crippen LogP contribution in [0.2, 0.25) is 0 Å². The van der Waals surface area contributed by atoms with E-state index in [0.29, 0.717) is 0 Å². The van der Waals surface area contributed by atoms with E-state index in [2.05, 4.69) is 5.16 Å². The molecule has 0 amide bonds. The number of hydrogen-bond donors (Lipinski definition) is 1. The summed E-state index contributed by atoms with van der Waals surface area (Å²) in [5.41, 5.74) is 0.967. The summed E-state index contributed by atoms with van der Waals surface area (Å²) in [5.74, 6) is 0.273. The van der Waals surface area contributed by atoms with Crippen molar-refractivity contribution in [3.05, 3.63) is 0 Å². The molecule has 1 heterocycles. The van der Waals surface area contributed by atoms with Crippen molar-refractivity contribution >= 4 is 5.71 Å². The molecule has 0 aromatic carbocycles. The van der Waals surface area contributed by atoms with Gasteiger partial charge in [-0.05, 0) is 6.92 Å². The van der Waals surface area contributed by atoms with Gasteiger partial charge in [-0.15, -0.1) is 0 Å².